The third kappa shape index (κ3) is 3.99. The van der Waals surface area contributed by atoms with Gasteiger partial charge in [0, 0.05) is 43.7 Å². The van der Waals surface area contributed by atoms with Gasteiger partial charge >= 0.3 is 0 Å². The monoisotopic (exact) mass is 364 g/mol. The summed E-state index contributed by atoms with van der Waals surface area (Å²) in [6.07, 6.45) is 2.58. The van der Waals surface area contributed by atoms with Crippen LogP contribution in [0.1, 0.15) is 23.8 Å². The second kappa shape index (κ2) is 7.25. The van der Waals surface area contributed by atoms with E-state index in [-0.39, 0.29) is 0 Å². The van der Waals surface area contributed by atoms with Crippen molar-refractivity contribution in [3.05, 3.63) is 34.3 Å². The molecule has 1 saturated carbocycles. The van der Waals surface area contributed by atoms with E-state index in [4.69, 9.17) is 16.3 Å². The van der Waals surface area contributed by atoms with Gasteiger partial charge in [0.15, 0.2) is 0 Å². The van der Waals surface area contributed by atoms with Crippen molar-refractivity contribution in [2.75, 3.05) is 44.2 Å². The van der Waals surface area contributed by atoms with Gasteiger partial charge in [0.05, 0.1) is 0 Å². The van der Waals surface area contributed by atoms with Crippen LogP contribution in [0, 0.1) is 0 Å². The Morgan fingerprint density at radius 1 is 1.08 bits per heavy atom. The van der Waals surface area contributed by atoms with Crippen LogP contribution in [0.3, 0.4) is 0 Å². The van der Waals surface area contributed by atoms with Crippen molar-refractivity contribution in [2.24, 2.45) is 0 Å². The van der Waals surface area contributed by atoms with E-state index >= 15 is 0 Å². The Labute approximate surface area is 151 Å². The Balaban J connectivity index is 1.20. The van der Waals surface area contributed by atoms with Gasteiger partial charge in [-0.25, -0.2) is 0 Å². The number of anilines is 1. The van der Waals surface area contributed by atoms with Crippen LogP contribution in [-0.2, 0) is 0 Å². The summed E-state index contributed by atoms with van der Waals surface area (Å²) in [4.78, 5) is 4.80. The second-order valence-corrected chi connectivity index (χ2v) is 7.75. The Morgan fingerprint density at radius 3 is 2.54 bits per heavy atom. The van der Waals surface area contributed by atoms with E-state index in [1.54, 1.807) is 11.3 Å². The van der Waals surface area contributed by atoms with Crippen LogP contribution in [-0.4, -0.2) is 54.4 Å². The first-order valence-corrected chi connectivity index (χ1v) is 9.66. The molecule has 0 amide bonds. The minimum Gasteiger partial charge on any atom is -0.492 e. The van der Waals surface area contributed by atoms with E-state index in [1.807, 2.05) is 24.3 Å². The molecule has 2 heterocycles. The predicted molar refractivity (Wildman–Crippen MR) is 97.5 cm³/mol. The van der Waals surface area contributed by atoms with Gasteiger partial charge in [0.25, 0.3) is 0 Å². The van der Waals surface area contributed by atoms with E-state index < -0.39 is 0 Å². The average Bonchev–Trinajstić information content (AvgIpc) is 3.35. The van der Waals surface area contributed by atoms with Crippen LogP contribution in [0.2, 0.25) is 5.02 Å². The van der Waals surface area contributed by atoms with Gasteiger partial charge in [-0.15, -0.1) is 10.2 Å². The summed E-state index contributed by atoms with van der Waals surface area (Å²) in [5.41, 5.74) is 0. The maximum Gasteiger partial charge on any atom is 0.208 e. The number of benzene rings is 1. The lowest BCUT2D eigenvalue weighted by atomic mass is 10.3. The first-order chi connectivity index (χ1) is 11.8. The highest BCUT2D eigenvalue weighted by Crippen LogP contribution is 2.42. The van der Waals surface area contributed by atoms with Gasteiger partial charge in [-0.3, -0.25) is 4.90 Å². The topological polar surface area (TPSA) is 41.5 Å². The number of piperazine rings is 1. The second-order valence-electron chi connectivity index (χ2n) is 6.33. The Kier molecular flexibility index (Phi) is 4.87. The zero-order valence-electron chi connectivity index (χ0n) is 13.5. The summed E-state index contributed by atoms with van der Waals surface area (Å²) in [5.74, 6) is 1.57. The van der Waals surface area contributed by atoms with Crippen LogP contribution >= 0.6 is 22.9 Å². The molecule has 128 valence electrons. The standard InChI is InChI=1S/C17H21ClN4OS/c18-14-3-5-15(6-4-14)23-12-11-21-7-9-22(10-8-21)17-20-19-16(24-17)13-1-2-13/h3-6,13H,1-2,7-12H2. The Bertz CT molecular complexity index is 665. The molecular weight excluding hydrogens is 344 g/mol. The van der Waals surface area contributed by atoms with Crippen molar-refractivity contribution >= 4 is 28.1 Å². The lowest BCUT2D eigenvalue weighted by molar-refractivity contribution is 0.200. The molecule has 2 aliphatic rings. The minimum absolute atomic E-state index is 0.697. The smallest absolute Gasteiger partial charge is 0.208 e. The van der Waals surface area contributed by atoms with Gasteiger partial charge in [0.2, 0.25) is 5.13 Å². The van der Waals surface area contributed by atoms with Gasteiger partial charge in [0.1, 0.15) is 17.4 Å². The molecule has 7 heteroatoms. The maximum atomic E-state index is 5.88. The lowest BCUT2D eigenvalue weighted by Crippen LogP contribution is -2.47. The van der Waals surface area contributed by atoms with E-state index in [9.17, 15) is 0 Å². The van der Waals surface area contributed by atoms with E-state index in [1.165, 1.54) is 17.8 Å². The Morgan fingerprint density at radius 2 is 1.83 bits per heavy atom. The molecule has 1 aliphatic carbocycles. The SMILES string of the molecule is Clc1ccc(OCCN2CCN(c3nnc(C4CC4)s3)CC2)cc1. The molecule has 1 aromatic heterocycles. The summed E-state index contributed by atoms with van der Waals surface area (Å²) < 4.78 is 5.78. The lowest BCUT2D eigenvalue weighted by Gasteiger charge is -2.34. The highest BCUT2D eigenvalue weighted by Gasteiger charge is 2.29. The number of rotatable bonds is 6. The van der Waals surface area contributed by atoms with Crippen molar-refractivity contribution < 1.29 is 4.74 Å². The molecule has 24 heavy (non-hydrogen) atoms. The molecule has 4 rings (SSSR count). The van der Waals surface area contributed by atoms with Crippen LogP contribution in [0.25, 0.3) is 0 Å². The molecule has 0 atom stereocenters. The summed E-state index contributed by atoms with van der Waals surface area (Å²) in [6, 6.07) is 7.53. The van der Waals surface area contributed by atoms with Crippen LogP contribution < -0.4 is 9.64 Å². The number of ether oxygens (including phenoxy) is 1. The third-order valence-corrected chi connectivity index (χ3v) is 5.89. The molecular formula is C17H21ClN4OS. The molecule has 0 spiro atoms. The van der Waals surface area contributed by atoms with Gasteiger partial charge in [-0.05, 0) is 37.1 Å². The summed E-state index contributed by atoms with van der Waals surface area (Å²) in [6.45, 7) is 5.76. The summed E-state index contributed by atoms with van der Waals surface area (Å²) in [7, 11) is 0. The number of hydrogen-bond acceptors (Lipinski definition) is 6. The number of halogens is 1. The van der Waals surface area contributed by atoms with E-state index in [0.29, 0.717) is 12.5 Å². The van der Waals surface area contributed by atoms with Gasteiger partial charge < -0.3 is 9.64 Å². The molecule has 2 aromatic rings. The number of hydrogen-bond donors (Lipinski definition) is 0. The first-order valence-electron chi connectivity index (χ1n) is 8.47. The van der Waals surface area contributed by atoms with Crippen LogP contribution in [0.4, 0.5) is 5.13 Å². The molecule has 1 aromatic carbocycles. The van der Waals surface area contributed by atoms with E-state index in [2.05, 4.69) is 20.0 Å². The third-order valence-electron chi connectivity index (χ3n) is 4.49. The van der Waals surface area contributed by atoms with Crippen molar-refractivity contribution in [3.8, 4) is 5.75 Å². The van der Waals surface area contributed by atoms with Crippen molar-refractivity contribution in [1.82, 2.24) is 15.1 Å². The number of nitrogens with zero attached hydrogens (tertiary/aromatic N) is 4. The molecule has 2 fully saturated rings. The first kappa shape index (κ1) is 16.1. The quantitative estimate of drug-likeness (QED) is 0.786. The number of aromatic nitrogens is 2. The summed E-state index contributed by atoms with van der Waals surface area (Å²) >= 11 is 7.65. The molecule has 1 saturated heterocycles. The molecule has 5 nitrogen and oxygen atoms in total. The van der Waals surface area contributed by atoms with Gasteiger partial charge in [-0.1, -0.05) is 22.9 Å². The van der Waals surface area contributed by atoms with Crippen molar-refractivity contribution in [2.45, 2.75) is 18.8 Å². The van der Waals surface area contributed by atoms with Crippen molar-refractivity contribution in [3.63, 3.8) is 0 Å². The normalized spacial score (nSPS) is 18.8. The van der Waals surface area contributed by atoms with Crippen LogP contribution in [0.15, 0.2) is 24.3 Å². The fourth-order valence-corrected chi connectivity index (χ4v) is 4.03. The fourth-order valence-electron chi connectivity index (χ4n) is 2.84. The largest absolute Gasteiger partial charge is 0.492 e. The molecule has 0 N–H and O–H groups in total. The summed E-state index contributed by atoms with van der Waals surface area (Å²) in [5, 5.41) is 11.8. The van der Waals surface area contributed by atoms with Gasteiger partial charge in [-0.2, -0.15) is 0 Å². The van der Waals surface area contributed by atoms with Crippen LogP contribution in [0.5, 0.6) is 5.75 Å². The molecule has 0 unspecified atom stereocenters. The highest BCUT2D eigenvalue weighted by atomic mass is 35.5. The Hall–Kier alpha value is -1.37. The molecule has 1 aliphatic heterocycles. The van der Waals surface area contributed by atoms with E-state index in [0.717, 1.165) is 48.6 Å². The zero-order valence-corrected chi connectivity index (χ0v) is 15.1. The minimum atomic E-state index is 0.697. The molecule has 0 radical (unpaired) electrons. The highest BCUT2D eigenvalue weighted by molar-refractivity contribution is 7.15. The fraction of sp³-hybridized carbons (Fsp3) is 0.529. The van der Waals surface area contributed by atoms with Crippen molar-refractivity contribution in [1.29, 1.82) is 0 Å². The predicted octanol–water partition coefficient (Wildman–Crippen LogP) is 3.27. The maximum absolute atomic E-state index is 5.88. The average molecular weight is 365 g/mol. The zero-order chi connectivity index (χ0) is 16.4. The molecule has 0 bridgehead atoms.